The number of aryl methyl sites for hydroxylation is 1. The monoisotopic (exact) mass is 258 g/mol. The Morgan fingerprint density at radius 2 is 1.82 bits per heavy atom. The minimum atomic E-state index is 0.538. The third-order valence-corrected chi connectivity index (χ3v) is 1.55. The maximum absolute atomic E-state index is 8.81. The zero-order valence-electron chi connectivity index (χ0n) is 11.5. The molecule has 0 aliphatic rings. The first-order valence-electron chi connectivity index (χ1n) is 5.58. The summed E-state index contributed by atoms with van der Waals surface area (Å²) < 4.78 is 0. The minimum absolute atomic E-state index is 0.538. The molecule has 1 heterocycles. The van der Waals surface area contributed by atoms with Gasteiger partial charge in [0.05, 0.1) is 11.9 Å². The van der Waals surface area contributed by atoms with E-state index in [4.69, 9.17) is 16.4 Å². The van der Waals surface area contributed by atoms with Gasteiger partial charge >= 0.3 is 0 Å². The number of carbonyl (C=O) groups excluding carboxylic acids is 1. The van der Waals surface area contributed by atoms with Gasteiger partial charge in [0.1, 0.15) is 11.4 Å². The Balaban J connectivity index is 0. The number of aromatic nitrogens is 1. The van der Waals surface area contributed by atoms with Crippen LogP contribution < -0.4 is 5.32 Å². The van der Waals surface area contributed by atoms with Gasteiger partial charge in [0.15, 0.2) is 0 Å². The average molecular weight is 259 g/mol. The van der Waals surface area contributed by atoms with Crippen LogP contribution >= 0.6 is 11.6 Å². The van der Waals surface area contributed by atoms with Gasteiger partial charge in [-0.1, -0.05) is 32.4 Å². The summed E-state index contributed by atoms with van der Waals surface area (Å²) in [5, 5.41) is 3.54. The zero-order valence-corrected chi connectivity index (χ0v) is 12.3. The summed E-state index contributed by atoms with van der Waals surface area (Å²) in [5.74, 6) is 0.833. The molecule has 1 aromatic heterocycles. The number of aldehydes is 1. The van der Waals surface area contributed by atoms with Crippen LogP contribution in [0.1, 0.15) is 33.3 Å². The number of nitrogens with zero attached hydrogens (tertiary/aromatic N) is 1. The van der Waals surface area contributed by atoms with Gasteiger partial charge in [-0.25, -0.2) is 4.98 Å². The van der Waals surface area contributed by atoms with Crippen molar-refractivity contribution in [1.82, 2.24) is 4.98 Å². The molecule has 0 bridgehead atoms. The standard InChI is InChI=1S/C7H9ClN2.C4H10.C2H4O/c1-5-3-7(8)10-4-6(5)9-2;1-4(2)3;1-2-3/h3-4,9H,1-2H3;4H,1-3H3;2H,1H3. The van der Waals surface area contributed by atoms with E-state index in [9.17, 15) is 0 Å². The summed E-state index contributed by atoms with van der Waals surface area (Å²) in [6.45, 7) is 9.93. The van der Waals surface area contributed by atoms with Gasteiger partial charge in [-0.3, -0.25) is 0 Å². The Labute approximate surface area is 110 Å². The number of halogens is 1. The minimum Gasteiger partial charge on any atom is -0.387 e. The van der Waals surface area contributed by atoms with Crippen LogP contribution in [0.4, 0.5) is 5.69 Å². The maximum Gasteiger partial charge on any atom is 0.129 e. The van der Waals surface area contributed by atoms with Crippen molar-refractivity contribution in [2.75, 3.05) is 12.4 Å². The molecular weight excluding hydrogens is 236 g/mol. The number of hydrogen-bond acceptors (Lipinski definition) is 3. The molecule has 4 heteroatoms. The Morgan fingerprint density at radius 1 is 1.41 bits per heavy atom. The molecule has 17 heavy (non-hydrogen) atoms. The Morgan fingerprint density at radius 3 is 2.12 bits per heavy atom. The van der Waals surface area contributed by atoms with Gasteiger partial charge in [-0.2, -0.15) is 0 Å². The van der Waals surface area contributed by atoms with Crippen molar-refractivity contribution in [3.05, 3.63) is 23.0 Å². The van der Waals surface area contributed by atoms with Crippen molar-refractivity contribution in [3.8, 4) is 0 Å². The first-order chi connectivity index (χ1) is 7.88. The quantitative estimate of drug-likeness (QED) is 0.613. The summed E-state index contributed by atoms with van der Waals surface area (Å²) in [5.41, 5.74) is 2.13. The van der Waals surface area contributed by atoms with Gasteiger partial charge in [-0.05, 0) is 31.4 Å². The van der Waals surface area contributed by atoms with E-state index in [1.165, 1.54) is 6.92 Å². The second kappa shape index (κ2) is 11.4. The van der Waals surface area contributed by atoms with E-state index in [1.807, 2.05) is 20.0 Å². The van der Waals surface area contributed by atoms with Gasteiger partial charge in [0.2, 0.25) is 0 Å². The molecule has 1 aromatic rings. The van der Waals surface area contributed by atoms with Crippen molar-refractivity contribution in [1.29, 1.82) is 0 Å². The van der Waals surface area contributed by atoms with E-state index in [1.54, 1.807) is 6.20 Å². The Kier molecular flexibility index (Phi) is 12.3. The highest BCUT2D eigenvalue weighted by Gasteiger charge is 1.95. The van der Waals surface area contributed by atoms with Crippen LogP contribution in [-0.2, 0) is 4.79 Å². The molecule has 0 radical (unpaired) electrons. The smallest absolute Gasteiger partial charge is 0.129 e. The fourth-order valence-electron chi connectivity index (χ4n) is 0.783. The number of pyridine rings is 1. The van der Waals surface area contributed by atoms with E-state index in [-0.39, 0.29) is 0 Å². The van der Waals surface area contributed by atoms with Gasteiger partial charge in [-0.15, -0.1) is 0 Å². The van der Waals surface area contributed by atoms with Crippen LogP contribution in [0.2, 0.25) is 5.15 Å². The summed E-state index contributed by atoms with van der Waals surface area (Å²) in [6, 6.07) is 1.83. The van der Waals surface area contributed by atoms with Crippen LogP contribution in [0.3, 0.4) is 0 Å². The molecule has 0 saturated heterocycles. The van der Waals surface area contributed by atoms with Crippen molar-refractivity contribution in [2.24, 2.45) is 5.92 Å². The Bertz CT molecular complexity index is 312. The van der Waals surface area contributed by atoms with Crippen LogP contribution in [0, 0.1) is 12.8 Å². The van der Waals surface area contributed by atoms with Crippen molar-refractivity contribution in [2.45, 2.75) is 34.6 Å². The second-order valence-electron chi connectivity index (χ2n) is 4.04. The van der Waals surface area contributed by atoms with E-state index in [0.29, 0.717) is 5.15 Å². The fourth-order valence-corrected chi connectivity index (χ4v) is 0.996. The largest absolute Gasteiger partial charge is 0.387 e. The molecule has 0 amide bonds. The highest BCUT2D eigenvalue weighted by atomic mass is 35.5. The molecule has 0 atom stereocenters. The summed E-state index contributed by atoms with van der Waals surface area (Å²) in [6.07, 6.45) is 2.47. The van der Waals surface area contributed by atoms with E-state index in [0.717, 1.165) is 23.5 Å². The second-order valence-corrected chi connectivity index (χ2v) is 4.43. The van der Waals surface area contributed by atoms with Crippen molar-refractivity contribution in [3.63, 3.8) is 0 Å². The molecule has 0 saturated carbocycles. The third kappa shape index (κ3) is 12.8. The van der Waals surface area contributed by atoms with E-state index < -0.39 is 0 Å². The van der Waals surface area contributed by atoms with Crippen LogP contribution in [0.25, 0.3) is 0 Å². The molecule has 3 nitrogen and oxygen atoms in total. The fraction of sp³-hybridized carbons (Fsp3) is 0.538. The average Bonchev–Trinajstić information content (AvgIpc) is 2.18. The highest BCUT2D eigenvalue weighted by Crippen LogP contribution is 2.15. The van der Waals surface area contributed by atoms with Crippen LogP contribution in [0.5, 0.6) is 0 Å². The summed E-state index contributed by atoms with van der Waals surface area (Å²) >= 11 is 5.64. The number of carbonyl (C=O) groups is 1. The summed E-state index contributed by atoms with van der Waals surface area (Å²) in [4.78, 5) is 12.7. The number of nitrogens with one attached hydrogen (secondary N) is 1. The molecule has 0 unspecified atom stereocenters. The molecule has 0 fully saturated rings. The molecule has 1 N–H and O–H groups in total. The maximum atomic E-state index is 8.81. The van der Waals surface area contributed by atoms with E-state index >= 15 is 0 Å². The predicted octanol–water partition coefficient (Wildman–Crippen LogP) is 3.95. The van der Waals surface area contributed by atoms with Crippen molar-refractivity contribution < 1.29 is 4.79 Å². The summed E-state index contributed by atoms with van der Waals surface area (Å²) in [7, 11) is 1.86. The van der Waals surface area contributed by atoms with Gasteiger partial charge < -0.3 is 10.1 Å². The lowest BCUT2D eigenvalue weighted by atomic mass is 10.2. The lowest BCUT2D eigenvalue weighted by Crippen LogP contribution is -1.92. The van der Waals surface area contributed by atoms with Gasteiger partial charge in [0.25, 0.3) is 0 Å². The molecule has 0 aliphatic carbocycles. The molecule has 98 valence electrons. The Hall–Kier alpha value is -1.09. The molecule has 1 rings (SSSR count). The highest BCUT2D eigenvalue weighted by molar-refractivity contribution is 6.29. The molecular formula is C13H23ClN2O. The first kappa shape index (κ1) is 18.3. The van der Waals surface area contributed by atoms with E-state index in [2.05, 4.69) is 31.1 Å². The third-order valence-electron chi connectivity index (χ3n) is 1.35. The molecule has 0 aromatic carbocycles. The predicted molar refractivity (Wildman–Crippen MR) is 75.8 cm³/mol. The molecule has 0 spiro atoms. The van der Waals surface area contributed by atoms with Gasteiger partial charge in [0, 0.05) is 7.05 Å². The topological polar surface area (TPSA) is 42.0 Å². The van der Waals surface area contributed by atoms with Crippen LogP contribution in [-0.4, -0.2) is 18.3 Å². The first-order valence-corrected chi connectivity index (χ1v) is 5.96. The number of hydrogen-bond donors (Lipinski definition) is 1. The number of anilines is 1. The number of rotatable bonds is 1. The lowest BCUT2D eigenvalue weighted by Gasteiger charge is -2.02. The van der Waals surface area contributed by atoms with Crippen LogP contribution in [0.15, 0.2) is 12.3 Å². The molecule has 0 aliphatic heterocycles. The lowest BCUT2D eigenvalue weighted by molar-refractivity contribution is -0.106. The normalized spacial score (nSPS) is 8.47. The SMILES string of the molecule is CC(C)C.CC=O.CNc1cnc(Cl)cc1C. The van der Waals surface area contributed by atoms with Crippen molar-refractivity contribution >= 4 is 23.6 Å². The zero-order chi connectivity index (χ0) is 13.8.